The van der Waals surface area contributed by atoms with E-state index < -0.39 is 0 Å². The number of methoxy groups -OCH3 is 1. The van der Waals surface area contributed by atoms with Crippen LogP contribution in [-0.2, 0) is 6.42 Å². The average molecular weight is 380 g/mol. The molecule has 5 nitrogen and oxygen atoms in total. The third-order valence-corrected chi connectivity index (χ3v) is 4.80. The zero-order valence-corrected chi connectivity index (χ0v) is 15.5. The number of rotatable bonds is 4. The summed E-state index contributed by atoms with van der Waals surface area (Å²) in [5.41, 5.74) is 3.44. The first-order valence-corrected chi connectivity index (χ1v) is 9.00. The Balaban J connectivity index is 1.60. The van der Waals surface area contributed by atoms with Crippen molar-refractivity contribution in [2.75, 3.05) is 23.9 Å². The molecule has 0 unspecified atom stereocenters. The Hall–Kier alpha value is -3.05. The Morgan fingerprint density at radius 2 is 2.04 bits per heavy atom. The van der Waals surface area contributed by atoms with Gasteiger partial charge < -0.3 is 15.0 Å². The fourth-order valence-electron chi connectivity index (χ4n) is 3.25. The topological polar surface area (TPSA) is 54.5 Å². The van der Waals surface area contributed by atoms with Gasteiger partial charge in [-0.25, -0.2) is 4.98 Å². The normalized spacial score (nSPS) is 12.6. The third kappa shape index (κ3) is 3.46. The number of hydrogen-bond donors (Lipinski definition) is 1. The van der Waals surface area contributed by atoms with Crippen LogP contribution in [0.4, 0.5) is 17.2 Å². The lowest BCUT2D eigenvalue weighted by Crippen LogP contribution is -2.28. The van der Waals surface area contributed by atoms with Crippen LogP contribution in [0.15, 0.2) is 60.8 Å². The van der Waals surface area contributed by atoms with Gasteiger partial charge in [0, 0.05) is 29.0 Å². The molecule has 1 aliphatic heterocycles. The maximum absolute atomic E-state index is 13.0. The zero-order valence-electron chi connectivity index (χ0n) is 14.8. The Labute approximate surface area is 162 Å². The van der Waals surface area contributed by atoms with Gasteiger partial charge in [-0.05, 0) is 48.4 Å². The van der Waals surface area contributed by atoms with Crippen molar-refractivity contribution in [3.8, 4) is 5.75 Å². The molecule has 1 amide bonds. The summed E-state index contributed by atoms with van der Waals surface area (Å²) in [6, 6.07) is 16.8. The Bertz CT molecular complexity index is 1010. The molecule has 0 spiro atoms. The second-order valence-electron chi connectivity index (χ2n) is 6.23. The fourth-order valence-corrected chi connectivity index (χ4v) is 3.42. The summed E-state index contributed by atoms with van der Waals surface area (Å²) >= 11 is 6.08. The summed E-state index contributed by atoms with van der Waals surface area (Å²) in [6.07, 6.45) is 2.49. The molecular formula is C21H18ClN3O2. The largest absolute Gasteiger partial charge is 0.495 e. The molecule has 4 rings (SSSR count). The molecule has 136 valence electrons. The van der Waals surface area contributed by atoms with Crippen molar-refractivity contribution in [3.63, 3.8) is 0 Å². The lowest BCUT2D eigenvalue weighted by atomic mass is 10.1. The number of amides is 1. The van der Waals surface area contributed by atoms with Crippen molar-refractivity contribution >= 4 is 34.7 Å². The maximum Gasteiger partial charge on any atom is 0.258 e. The van der Waals surface area contributed by atoms with Crippen LogP contribution in [0.3, 0.4) is 0 Å². The molecule has 0 atom stereocenters. The first-order chi connectivity index (χ1) is 13.2. The summed E-state index contributed by atoms with van der Waals surface area (Å²) in [7, 11) is 1.59. The summed E-state index contributed by atoms with van der Waals surface area (Å²) in [5.74, 6) is 1.16. The van der Waals surface area contributed by atoms with E-state index in [0.29, 0.717) is 34.4 Å². The highest BCUT2D eigenvalue weighted by Gasteiger charge is 2.25. The molecule has 0 radical (unpaired) electrons. The molecule has 6 heteroatoms. The van der Waals surface area contributed by atoms with Crippen molar-refractivity contribution in [2.45, 2.75) is 6.42 Å². The molecule has 2 aromatic carbocycles. The van der Waals surface area contributed by atoms with Crippen molar-refractivity contribution in [2.24, 2.45) is 0 Å². The summed E-state index contributed by atoms with van der Waals surface area (Å²) < 4.78 is 5.35. The molecule has 3 aromatic rings. The highest BCUT2D eigenvalue weighted by atomic mass is 35.5. The maximum atomic E-state index is 13.0. The van der Waals surface area contributed by atoms with Gasteiger partial charge in [0.15, 0.2) is 0 Å². The van der Waals surface area contributed by atoms with Gasteiger partial charge in [0.2, 0.25) is 0 Å². The number of pyridine rings is 1. The number of nitrogens with one attached hydrogen (secondary N) is 1. The van der Waals surface area contributed by atoms with E-state index in [1.807, 2.05) is 23.1 Å². The molecule has 0 saturated carbocycles. The molecule has 0 bridgehead atoms. The first kappa shape index (κ1) is 17.4. The predicted octanol–water partition coefficient (Wildman–Crippen LogP) is 4.69. The van der Waals surface area contributed by atoms with E-state index in [1.165, 1.54) is 5.56 Å². The highest BCUT2D eigenvalue weighted by Crippen LogP contribution is 2.31. The number of aromatic nitrogens is 1. The van der Waals surface area contributed by atoms with Gasteiger partial charge in [0.1, 0.15) is 11.6 Å². The molecule has 0 aliphatic carbocycles. The lowest BCUT2D eigenvalue weighted by molar-refractivity contribution is 0.0989. The lowest BCUT2D eigenvalue weighted by Gasteiger charge is -2.18. The smallest absolute Gasteiger partial charge is 0.258 e. The number of halogens is 1. The quantitative estimate of drug-likeness (QED) is 0.714. The van der Waals surface area contributed by atoms with Crippen LogP contribution in [0.25, 0.3) is 0 Å². The van der Waals surface area contributed by atoms with Crippen LogP contribution in [0.5, 0.6) is 5.75 Å². The Kier molecular flexibility index (Phi) is 4.69. The van der Waals surface area contributed by atoms with Crippen molar-refractivity contribution in [3.05, 3.63) is 76.9 Å². The van der Waals surface area contributed by atoms with Gasteiger partial charge in [-0.3, -0.25) is 4.79 Å². The SMILES string of the molecule is COc1ccc(Cl)cc1Nc1cc(C(=O)N2CCc3ccccc32)ccn1. The standard InChI is InChI=1S/C21H18ClN3O2/c1-27-19-7-6-16(22)13-17(19)24-20-12-15(8-10-23-20)21(26)25-11-9-14-4-2-3-5-18(14)25/h2-8,10,12-13H,9,11H2,1H3,(H,23,24). The average Bonchev–Trinajstić information content (AvgIpc) is 3.12. The van der Waals surface area contributed by atoms with E-state index in [4.69, 9.17) is 16.3 Å². The van der Waals surface area contributed by atoms with Crippen molar-refractivity contribution < 1.29 is 9.53 Å². The first-order valence-electron chi connectivity index (χ1n) is 8.62. The molecule has 2 heterocycles. The van der Waals surface area contributed by atoms with E-state index in [9.17, 15) is 4.79 Å². The number of nitrogens with zero attached hydrogens (tertiary/aromatic N) is 2. The second kappa shape index (κ2) is 7.29. The fraction of sp³-hybridized carbons (Fsp3) is 0.143. The van der Waals surface area contributed by atoms with Gasteiger partial charge in [-0.15, -0.1) is 0 Å². The highest BCUT2D eigenvalue weighted by molar-refractivity contribution is 6.31. The van der Waals surface area contributed by atoms with E-state index in [2.05, 4.69) is 16.4 Å². The minimum absolute atomic E-state index is 0.0385. The van der Waals surface area contributed by atoms with Gasteiger partial charge in [-0.2, -0.15) is 0 Å². The van der Waals surface area contributed by atoms with Crippen molar-refractivity contribution in [1.82, 2.24) is 4.98 Å². The molecule has 1 aromatic heterocycles. The van der Waals surface area contributed by atoms with Gasteiger partial charge >= 0.3 is 0 Å². The Morgan fingerprint density at radius 3 is 2.89 bits per heavy atom. The number of carbonyl (C=O) groups excluding carboxylic acids is 1. The number of ether oxygens (including phenoxy) is 1. The number of hydrogen-bond acceptors (Lipinski definition) is 4. The van der Waals surface area contributed by atoms with Crippen LogP contribution in [0, 0.1) is 0 Å². The monoisotopic (exact) mass is 379 g/mol. The summed E-state index contributed by atoms with van der Waals surface area (Å²) in [5, 5.41) is 3.76. The van der Waals surface area contributed by atoms with Crippen LogP contribution >= 0.6 is 11.6 Å². The van der Waals surface area contributed by atoms with Crippen molar-refractivity contribution in [1.29, 1.82) is 0 Å². The number of para-hydroxylation sites is 1. The van der Waals surface area contributed by atoms with Crippen LogP contribution in [0.2, 0.25) is 5.02 Å². The van der Waals surface area contributed by atoms with Gasteiger partial charge in [-0.1, -0.05) is 29.8 Å². The van der Waals surface area contributed by atoms with E-state index >= 15 is 0 Å². The number of benzene rings is 2. The van der Waals surface area contributed by atoms with Crippen LogP contribution in [-0.4, -0.2) is 24.5 Å². The summed E-state index contributed by atoms with van der Waals surface area (Å²) in [6.45, 7) is 0.686. The van der Waals surface area contributed by atoms with E-state index in [-0.39, 0.29) is 5.91 Å². The molecular weight excluding hydrogens is 362 g/mol. The molecule has 0 fully saturated rings. The van der Waals surface area contributed by atoms with Crippen LogP contribution < -0.4 is 15.0 Å². The van der Waals surface area contributed by atoms with E-state index in [1.54, 1.807) is 43.6 Å². The number of fused-ring (bicyclic) bond motifs is 1. The molecule has 0 saturated heterocycles. The Morgan fingerprint density at radius 1 is 1.19 bits per heavy atom. The summed E-state index contributed by atoms with van der Waals surface area (Å²) in [4.78, 5) is 19.1. The molecule has 1 aliphatic rings. The minimum atomic E-state index is -0.0385. The van der Waals surface area contributed by atoms with Gasteiger partial charge in [0.05, 0.1) is 12.8 Å². The zero-order chi connectivity index (χ0) is 18.8. The number of anilines is 3. The minimum Gasteiger partial charge on any atom is -0.495 e. The molecule has 27 heavy (non-hydrogen) atoms. The second-order valence-corrected chi connectivity index (χ2v) is 6.67. The molecule has 1 N–H and O–H groups in total. The number of carbonyl (C=O) groups is 1. The third-order valence-electron chi connectivity index (χ3n) is 4.56. The predicted molar refractivity (Wildman–Crippen MR) is 107 cm³/mol. The van der Waals surface area contributed by atoms with Gasteiger partial charge in [0.25, 0.3) is 5.91 Å². The van der Waals surface area contributed by atoms with Crippen LogP contribution in [0.1, 0.15) is 15.9 Å². The van der Waals surface area contributed by atoms with E-state index in [0.717, 1.165) is 12.1 Å².